The fourth-order valence-corrected chi connectivity index (χ4v) is 4.08. The van der Waals surface area contributed by atoms with Crippen molar-refractivity contribution in [3.05, 3.63) is 16.1 Å². The van der Waals surface area contributed by atoms with E-state index in [1.807, 2.05) is 11.3 Å². The second kappa shape index (κ2) is 6.67. The van der Waals surface area contributed by atoms with Gasteiger partial charge in [0.15, 0.2) is 0 Å². The van der Waals surface area contributed by atoms with Gasteiger partial charge < -0.3 is 5.32 Å². The molecule has 0 spiro atoms. The lowest BCUT2D eigenvalue weighted by Crippen LogP contribution is -2.41. The molecule has 0 aliphatic heterocycles. The Labute approximate surface area is 115 Å². The van der Waals surface area contributed by atoms with Crippen molar-refractivity contribution in [2.75, 3.05) is 6.54 Å². The Morgan fingerprint density at radius 2 is 2.22 bits per heavy atom. The maximum absolute atomic E-state index is 4.64. The first kappa shape index (κ1) is 14.0. The third kappa shape index (κ3) is 3.55. The van der Waals surface area contributed by atoms with E-state index >= 15 is 0 Å². The van der Waals surface area contributed by atoms with Crippen LogP contribution in [0.5, 0.6) is 0 Å². The summed E-state index contributed by atoms with van der Waals surface area (Å²) in [5.41, 5.74) is 1.18. The molecule has 3 heteroatoms. The summed E-state index contributed by atoms with van der Waals surface area (Å²) >= 11 is 1.83. The highest BCUT2D eigenvalue weighted by atomic mass is 32.1. The summed E-state index contributed by atoms with van der Waals surface area (Å²) in [5.74, 6) is 1.72. The number of aryl methyl sites for hydroxylation is 1. The summed E-state index contributed by atoms with van der Waals surface area (Å²) in [7, 11) is 0. The molecule has 1 aliphatic carbocycles. The third-order valence-electron chi connectivity index (χ3n) is 4.24. The van der Waals surface area contributed by atoms with Gasteiger partial charge in [0, 0.05) is 23.5 Å². The smallest absolute Gasteiger partial charge is 0.0931 e. The van der Waals surface area contributed by atoms with Crippen LogP contribution in [-0.2, 0) is 6.42 Å². The average Bonchev–Trinajstić information content (AvgIpc) is 2.77. The van der Waals surface area contributed by atoms with Crippen LogP contribution >= 0.6 is 11.3 Å². The molecule has 1 aliphatic rings. The first-order chi connectivity index (χ1) is 8.72. The van der Waals surface area contributed by atoms with Crippen LogP contribution in [0.1, 0.15) is 50.2 Å². The molecular formula is C15H26N2S. The molecule has 102 valence electrons. The molecule has 0 bridgehead atoms. The van der Waals surface area contributed by atoms with Gasteiger partial charge in [0.1, 0.15) is 0 Å². The minimum Gasteiger partial charge on any atom is -0.314 e. The molecule has 0 saturated heterocycles. The molecule has 1 aromatic heterocycles. The number of hydrogen-bond acceptors (Lipinski definition) is 3. The zero-order valence-corrected chi connectivity index (χ0v) is 12.7. The normalized spacial score (nSPS) is 28.5. The molecule has 0 radical (unpaired) electrons. The van der Waals surface area contributed by atoms with Gasteiger partial charge >= 0.3 is 0 Å². The second-order valence-electron chi connectivity index (χ2n) is 5.60. The van der Waals surface area contributed by atoms with Crippen molar-refractivity contribution >= 4 is 11.3 Å². The molecule has 1 saturated carbocycles. The van der Waals surface area contributed by atoms with Gasteiger partial charge in [-0.1, -0.05) is 20.3 Å². The highest BCUT2D eigenvalue weighted by Crippen LogP contribution is 2.33. The number of nitrogens with zero attached hydrogens (tertiary/aromatic N) is 1. The summed E-state index contributed by atoms with van der Waals surface area (Å²) in [5, 5.41) is 7.19. The molecule has 0 amide bonds. The first-order valence-electron chi connectivity index (χ1n) is 7.37. The highest BCUT2D eigenvalue weighted by molar-refractivity contribution is 7.09. The van der Waals surface area contributed by atoms with Gasteiger partial charge in [0.05, 0.1) is 5.01 Å². The molecule has 1 N–H and O–H groups in total. The minimum absolute atomic E-state index is 0.710. The molecule has 1 aromatic rings. The molecule has 2 nitrogen and oxygen atoms in total. The molecule has 3 atom stereocenters. The van der Waals surface area contributed by atoms with Gasteiger partial charge in [-0.15, -0.1) is 11.3 Å². The minimum atomic E-state index is 0.710. The fourth-order valence-electron chi connectivity index (χ4n) is 3.21. The molecule has 3 unspecified atom stereocenters. The van der Waals surface area contributed by atoms with Crippen molar-refractivity contribution in [2.24, 2.45) is 11.8 Å². The number of aromatic nitrogens is 1. The summed E-state index contributed by atoms with van der Waals surface area (Å²) < 4.78 is 0. The topological polar surface area (TPSA) is 24.9 Å². The van der Waals surface area contributed by atoms with Gasteiger partial charge in [-0.3, -0.25) is 0 Å². The van der Waals surface area contributed by atoms with E-state index in [-0.39, 0.29) is 0 Å². The SMILES string of the molecule is CCNC1CCC(CC)CC1Cc1nc(C)cs1. The zero-order valence-electron chi connectivity index (χ0n) is 11.9. The van der Waals surface area contributed by atoms with Crippen molar-refractivity contribution in [1.82, 2.24) is 10.3 Å². The Hall–Kier alpha value is -0.410. The van der Waals surface area contributed by atoms with E-state index < -0.39 is 0 Å². The van der Waals surface area contributed by atoms with Crippen LogP contribution in [0.25, 0.3) is 0 Å². The van der Waals surface area contributed by atoms with E-state index in [0.29, 0.717) is 6.04 Å². The fraction of sp³-hybridized carbons (Fsp3) is 0.800. The van der Waals surface area contributed by atoms with Gasteiger partial charge in [0.2, 0.25) is 0 Å². The lowest BCUT2D eigenvalue weighted by molar-refractivity contribution is 0.200. The monoisotopic (exact) mass is 266 g/mol. The largest absolute Gasteiger partial charge is 0.314 e. The summed E-state index contributed by atoms with van der Waals surface area (Å²) in [6.45, 7) is 7.74. The molecule has 1 heterocycles. The Balaban J connectivity index is 2.00. The number of nitrogens with one attached hydrogen (secondary N) is 1. The van der Waals surface area contributed by atoms with Crippen LogP contribution in [0.2, 0.25) is 0 Å². The van der Waals surface area contributed by atoms with E-state index in [4.69, 9.17) is 0 Å². The van der Waals surface area contributed by atoms with E-state index in [9.17, 15) is 0 Å². The van der Waals surface area contributed by atoms with Crippen LogP contribution in [0, 0.1) is 18.8 Å². The van der Waals surface area contributed by atoms with Gasteiger partial charge in [-0.2, -0.15) is 0 Å². The van der Waals surface area contributed by atoms with Crippen LogP contribution in [-0.4, -0.2) is 17.6 Å². The van der Waals surface area contributed by atoms with Crippen LogP contribution in [0.15, 0.2) is 5.38 Å². The van der Waals surface area contributed by atoms with E-state index in [2.05, 4.69) is 36.5 Å². The number of rotatable bonds is 5. The predicted molar refractivity (Wildman–Crippen MR) is 79.1 cm³/mol. The van der Waals surface area contributed by atoms with Crippen molar-refractivity contribution in [3.63, 3.8) is 0 Å². The molecule has 0 aromatic carbocycles. The van der Waals surface area contributed by atoms with Crippen molar-refractivity contribution in [3.8, 4) is 0 Å². The maximum atomic E-state index is 4.64. The highest BCUT2D eigenvalue weighted by Gasteiger charge is 2.29. The summed E-state index contributed by atoms with van der Waals surface area (Å²) in [4.78, 5) is 4.64. The summed E-state index contributed by atoms with van der Waals surface area (Å²) in [6.07, 6.45) is 6.65. The zero-order chi connectivity index (χ0) is 13.0. The maximum Gasteiger partial charge on any atom is 0.0931 e. The standard InChI is InChI=1S/C15H26N2S/c1-4-12-6-7-14(16-5-2)13(8-12)9-15-17-11(3)10-18-15/h10,12-14,16H,4-9H2,1-3H3. The first-order valence-corrected chi connectivity index (χ1v) is 8.25. The third-order valence-corrected chi connectivity index (χ3v) is 5.23. The van der Waals surface area contributed by atoms with Crippen LogP contribution in [0.3, 0.4) is 0 Å². The Morgan fingerprint density at radius 3 is 2.83 bits per heavy atom. The lowest BCUT2D eigenvalue weighted by Gasteiger charge is -2.36. The van der Waals surface area contributed by atoms with Crippen molar-refractivity contribution in [1.29, 1.82) is 0 Å². The van der Waals surface area contributed by atoms with E-state index in [0.717, 1.165) is 18.4 Å². The van der Waals surface area contributed by atoms with Crippen molar-refractivity contribution < 1.29 is 0 Å². The van der Waals surface area contributed by atoms with Gasteiger partial charge in [-0.05, 0) is 44.6 Å². The Morgan fingerprint density at radius 1 is 1.39 bits per heavy atom. The van der Waals surface area contributed by atoms with Crippen molar-refractivity contribution in [2.45, 2.75) is 58.9 Å². The predicted octanol–water partition coefficient (Wildman–Crippen LogP) is 3.80. The molecule has 18 heavy (non-hydrogen) atoms. The number of thiazole rings is 1. The Kier molecular flexibility index (Phi) is 5.19. The summed E-state index contributed by atoms with van der Waals surface area (Å²) in [6, 6.07) is 0.710. The quantitative estimate of drug-likeness (QED) is 0.877. The van der Waals surface area contributed by atoms with E-state index in [1.165, 1.54) is 42.8 Å². The second-order valence-corrected chi connectivity index (χ2v) is 6.54. The van der Waals surface area contributed by atoms with Gasteiger partial charge in [0.25, 0.3) is 0 Å². The lowest BCUT2D eigenvalue weighted by atomic mass is 9.75. The molecule has 2 rings (SSSR count). The number of hydrogen-bond donors (Lipinski definition) is 1. The van der Waals surface area contributed by atoms with Gasteiger partial charge in [-0.25, -0.2) is 4.98 Å². The Bertz CT molecular complexity index is 361. The van der Waals surface area contributed by atoms with Crippen LogP contribution < -0.4 is 5.32 Å². The average molecular weight is 266 g/mol. The molecule has 1 fully saturated rings. The molecular weight excluding hydrogens is 240 g/mol. The van der Waals surface area contributed by atoms with Crippen LogP contribution in [0.4, 0.5) is 0 Å². The van der Waals surface area contributed by atoms with E-state index in [1.54, 1.807) is 0 Å².